The maximum absolute atomic E-state index is 4.49. The van der Waals surface area contributed by atoms with E-state index in [1.54, 1.807) is 11.5 Å². The maximum Gasteiger partial charge on any atom is 0.147 e. The van der Waals surface area contributed by atoms with Gasteiger partial charge in [0.15, 0.2) is 0 Å². The van der Waals surface area contributed by atoms with Gasteiger partial charge in [-0.3, -0.25) is 4.98 Å². The highest BCUT2D eigenvalue weighted by molar-refractivity contribution is 9.10. The second-order valence-corrected chi connectivity index (χ2v) is 7.05. The Bertz CT molecular complexity index is 769. The van der Waals surface area contributed by atoms with Crippen LogP contribution < -0.4 is 5.32 Å². The highest BCUT2D eigenvalue weighted by atomic mass is 79.9. The van der Waals surface area contributed by atoms with Crippen molar-refractivity contribution in [2.24, 2.45) is 0 Å². The van der Waals surface area contributed by atoms with Crippen LogP contribution in [0.5, 0.6) is 0 Å². The first-order valence-electron chi connectivity index (χ1n) is 7.43. The standard InChI is InChI=1S/C17H18BrN3S/c1-12-10-13(18)11-20-15(12)7-4-5-9-19-17-14-6-2-3-8-16(14)22-21-17/h2-3,6,8,10-11H,4-5,7,9H2,1H3,(H,19,21). The van der Waals surface area contributed by atoms with Gasteiger partial charge in [-0.1, -0.05) is 12.1 Å². The minimum absolute atomic E-state index is 0.948. The predicted octanol–water partition coefficient (Wildman–Crippen LogP) is 5.20. The van der Waals surface area contributed by atoms with E-state index in [0.717, 1.165) is 36.1 Å². The minimum atomic E-state index is 0.948. The molecule has 2 aromatic heterocycles. The molecule has 3 nitrogen and oxygen atoms in total. The fourth-order valence-corrected chi connectivity index (χ4v) is 3.67. The highest BCUT2D eigenvalue weighted by Gasteiger charge is 2.04. The van der Waals surface area contributed by atoms with Crippen molar-refractivity contribution in [3.05, 3.63) is 52.3 Å². The van der Waals surface area contributed by atoms with Crippen LogP contribution in [-0.2, 0) is 6.42 Å². The molecule has 114 valence electrons. The molecule has 0 saturated heterocycles. The van der Waals surface area contributed by atoms with E-state index in [0.29, 0.717) is 0 Å². The van der Waals surface area contributed by atoms with Crippen LogP contribution in [0.1, 0.15) is 24.1 Å². The van der Waals surface area contributed by atoms with Crippen LogP contribution in [0.15, 0.2) is 41.0 Å². The SMILES string of the molecule is Cc1cc(Br)cnc1CCCCNc1nsc2ccccc12. The molecule has 0 bridgehead atoms. The summed E-state index contributed by atoms with van der Waals surface area (Å²) in [6.07, 6.45) is 5.15. The fourth-order valence-electron chi connectivity index (χ4n) is 2.47. The number of anilines is 1. The number of pyridine rings is 1. The number of aromatic nitrogens is 2. The second kappa shape index (κ2) is 7.20. The molecule has 0 unspecified atom stereocenters. The van der Waals surface area contributed by atoms with Crippen molar-refractivity contribution in [3.63, 3.8) is 0 Å². The quantitative estimate of drug-likeness (QED) is 0.601. The van der Waals surface area contributed by atoms with E-state index in [1.807, 2.05) is 6.20 Å². The van der Waals surface area contributed by atoms with E-state index < -0.39 is 0 Å². The zero-order valence-corrected chi connectivity index (χ0v) is 14.9. The second-order valence-electron chi connectivity index (χ2n) is 5.33. The van der Waals surface area contributed by atoms with Crippen LogP contribution in [0.3, 0.4) is 0 Å². The van der Waals surface area contributed by atoms with Crippen LogP contribution >= 0.6 is 27.5 Å². The summed E-state index contributed by atoms with van der Waals surface area (Å²) in [5, 5.41) is 4.67. The van der Waals surface area contributed by atoms with Crippen LogP contribution in [0, 0.1) is 6.92 Å². The fraction of sp³-hybridized carbons (Fsp3) is 0.294. The van der Waals surface area contributed by atoms with E-state index in [9.17, 15) is 0 Å². The number of rotatable bonds is 6. The largest absolute Gasteiger partial charge is 0.369 e. The lowest BCUT2D eigenvalue weighted by molar-refractivity contribution is 0.744. The Kier molecular flexibility index (Phi) is 5.05. The number of nitrogens with zero attached hydrogens (tertiary/aromatic N) is 2. The first-order chi connectivity index (χ1) is 10.7. The number of halogens is 1. The summed E-state index contributed by atoms with van der Waals surface area (Å²) in [5.74, 6) is 1.01. The van der Waals surface area contributed by atoms with Crippen LogP contribution in [0.25, 0.3) is 10.1 Å². The predicted molar refractivity (Wildman–Crippen MR) is 97.7 cm³/mol. The molecule has 0 radical (unpaired) electrons. The molecule has 1 aromatic carbocycles. The number of fused-ring (bicyclic) bond motifs is 1. The average Bonchev–Trinajstić information content (AvgIpc) is 2.92. The number of benzene rings is 1. The number of hydrogen-bond donors (Lipinski definition) is 1. The van der Waals surface area contributed by atoms with Gasteiger partial charge >= 0.3 is 0 Å². The Morgan fingerprint density at radius 3 is 2.95 bits per heavy atom. The molecule has 3 aromatic rings. The molecule has 0 fully saturated rings. The Morgan fingerprint density at radius 1 is 1.23 bits per heavy atom. The summed E-state index contributed by atoms with van der Waals surface area (Å²) in [5.41, 5.74) is 2.45. The minimum Gasteiger partial charge on any atom is -0.369 e. The Morgan fingerprint density at radius 2 is 2.09 bits per heavy atom. The van der Waals surface area contributed by atoms with Gasteiger partial charge in [0.05, 0.1) is 4.70 Å². The van der Waals surface area contributed by atoms with Crippen molar-refractivity contribution in [2.45, 2.75) is 26.2 Å². The maximum atomic E-state index is 4.49. The summed E-state index contributed by atoms with van der Waals surface area (Å²) in [6.45, 7) is 3.07. The average molecular weight is 376 g/mol. The molecule has 1 N–H and O–H groups in total. The molecular weight excluding hydrogens is 358 g/mol. The van der Waals surface area contributed by atoms with Crippen molar-refractivity contribution in [1.82, 2.24) is 9.36 Å². The van der Waals surface area contributed by atoms with Crippen molar-refractivity contribution < 1.29 is 0 Å². The molecule has 0 aliphatic rings. The van der Waals surface area contributed by atoms with Crippen molar-refractivity contribution in [2.75, 3.05) is 11.9 Å². The molecular formula is C17H18BrN3S. The first kappa shape index (κ1) is 15.4. The molecule has 0 atom stereocenters. The smallest absolute Gasteiger partial charge is 0.147 e. The van der Waals surface area contributed by atoms with E-state index in [1.165, 1.54) is 21.3 Å². The van der Waals surface area contributed by atoms with Gasteiger partial charge in [-0.2, -0.15) is 4.37 Å². The van der Waals surface area contributed by atoms with E-state index in [4.69, 9.17) is 0 Å². The summed E-state index contributed by atoms with van der Waals surface area (Å²) < 4.78 is 6.77. The van der Waals surface area contributed by atoms with E-state index >= 15 is 0 Å². The molecule has 0 aliphatic carbocycles. The number of unbranched alkanes of at least 4 members (excludes halogenated alkanes) is 1. The molecule has 0 spiro atoms. The lowest BCUT2D eigenvalue weighted by Crippen LogP contribution is -2.03. The number of nitrogens with one attached hydrogen (secondary N) is 1. The molecule has 2 heterocycles. The molecule has 3 rings (SSSR count). The Labute approximate surface area is 143 Å². The highest BCUT2D eigenvalue weighted by Crippen LogP contribution is 2.26. The molecule has 0 saturated carbocycles. The molecule has 0 aliphatic heterocycles. The Balaban J connectivity index is 1.48. The van der Waals surface area contributed by atoms with Gasteiger partial charge in [0, 0.05) is 28.3 Å². The topological polar surface area (TPSA) is 37.8 Å². The first-order valence-corrected chi connectivity index (χ1v) is 9.00. The Hall–Kier alpha value is -1.46. The number of hydrogen-bond acceptors (Lipinski definition) is 4. The summed E-state index contributed by atoms with van der Waals surface area (Å²) in [7, 11) is 0. The lowest BCUT2D eigenvalue weighted by atomic mass is 10.1. The van der Waals surface area contributed by atoms with Gasteiger partial charge in [-0.15, -0.1) is 0 Å². The van der Waals surface area contributed by atoms with Gasteiger partial charge in [0.2, 0.25) is 0 Å². The third-order valence-corrected chi connectivity index (χ3v) is 4.92. The van der Waals surface area contributed by atoms with Gasteiger partial charge in [-0.05, 0) is 77.4 Å². The monoisotopic (exact) mass is 375 g/mol. The normalized spacial score (nSPS) is 11.0. The lowest BCUT2D eigenvalue weighted by Gasteiger charge is -2.06. The van der Waals surface area contributed by atoms with E-state index in [2.05, 4.69) is 67.9 Å². The van der Waals surface area contributed by atoms with Crippen molar-refractivity contribution in [1.29, 1.82) is 0 Å². The van der Waals surface area contributed by atoms with Crippen LogP contribution in [-0.4, -0.2) is 15.9 Å². The zero-order valence-electron chi connectivity index (χ0n) is 12.5. The molecule has 22 heavy (non-hydrogen) atoms. The molecule has 5 heteroatoms. The van der Waals surface area contributed by atoms with Gasteiger partial charge in [0.25, 0.3) is 0 Å². The zero-order chi connectivity index (χ0) is 15.4. The van der Waals surface area contributed by atoms with Gasteiger partial charge < -0.3 is 5.32 Å². The van der Waals surface area contributed by atoms with Gasteiger partial charge in [-0.25, -0.2) is 0 Å². The van der Waals surface area contributed by atoms with Crippen LogP contribution in [0.4, 0.5) is 5.82 Å². The van der Waals surface area contributed by atoms with Gasteiger partial charge in [0.1, 0.15) is 5.82 Å². The number of aryl methyl sites for hydroxylation is 2. The van der Waals surface area contributed by atoms with Crippen LogP contribution in [0.2, 0.25) is 0 Å². The van der Waals surface area contributed by atoms with E-state index in [-0.39, 0.29) is 0 Å². The third kappa shape index (κ3) is 3.65. The third-order valence-electron chi connectivity index (χ3n) is 3.66. The summed E-state index contributed by atoms with van der Waals surface area (Å²) >= 11 is 5.00. The molecule has 0 amide bonds. The van der Waals surface area contributed by atoms with Crippen molar-refractivity contribution in [3.8, 4) is 0 Å². The summed E-state index contributed by atoms with van der Waals surface area (Å²) in [4.78, 5) is 4.49. The van der Waals surface area contributed by atoms with Crippen molar-refractivity contribution >= 4 is 43.4 Å². The summed E-state index contributed by atoms with van der Waals surface area (Å²) in [6, 6.07) is 10.5.